The molecular weight excluding hydrogens is 338 g/mol. The Bertz CT molecular complexity index is 776. The predicted octanol–water partition coefficient (Wildman–Crippen LogP) is 3.41. The highest BCUT2D eigenvalue weighted by atomic mass is 16.2. The topological polar surface area (TPSA) is 61.4 Å². The van der Waals surface area contributed by atoms with Gasteiger partial charge in [0.25, 0.3) is 0 Å². The number of hydrogen-bond donors (Lipinski definition) is 2. The van der Waals surface area contributed by atoms with Gasteiger partial charge in [0.2, 0.25) is 5.91 Å². The smallest absolute Gasteiger partial charge is 0.315 e. The van der Waals surface area contributed by atoms with Crippen LogP contribution in [0.25, 0.3) is 0 Å². The molecule has 2 aromatic carbocycles. The van der Waals surface area contributed by atoms with Crippen LogP contribution in [0.2, 0.25) is 0 Å². The summed E-state index contributed by atoms with van der Waals surface area (Å²) in [5.74, 6) is 0.0556. The van der Waals surface area contributed by atoms with Gasteiger partial charge in [-0.25, -0.2) is 4.79 Å². The highest BCUT2D eigenvalue weighted by Crippen LogP contribution is 2.33. The Morgan fingerprint density at radius 2 is 1.78 bits per heavy atom. The number of benzene rings is 2. The summed E-state index contributed by atoms with van der Waals surface area (Å²) in [7, 11) is 1.87. The minimum atomic E-state index is -0.252. The minimum absolute atomic E-state index is 0.0556. The number of aryl methyl sites for hydroxylation is 1. The molecule has 0 radical (unpaired) electrons. The Morgan fingerprint density at radius 3 is 2.59 bits per heavy atom. The molecule has 142 valence electrons. The summed E-state index contributed by atoms with van der Waals surface area (Å²) in [6, 6.07) is 18.0. The molecule has 27 heavy (non-hydrogen) atoms. The second-order valence-corrected chi connectivity index (χ2v) is 6.96. The van der Waals surface area contributed by atoms with E-state index in [4.69, 9.17) is 0 Å². The van der Waals surface area contributed by atoms with E-state index in [2.05, 4.69) is 28.8 Å². The van der Waals surface area contributed by atoms with Crippen molar-refractivity contribution < 1.29 is 9.59 Å². The van der Waals surface area contributed by atoms with Crippen molar-refractivity contribution in [1.29, 1.82) is 0 Å². The summed E-state index contributed by atoms with van der Waals surface area (Å²) in [5.41, 5.74) is 3.64. The molecule has 1 aliphatic rings. The lowest BCUT2D eigenvalue weighted by atomic mass is 9.87. The van der Waals surface area contributed by atoms with Crippen molar-refractivity contribution in [2.24, 2.45) is 0 Å². The van der Waals surface area contributed by atoms with Crippen LogP contribution >= 0.6 is 0 Å². The number of hydrogen-bond acceptors (Lipinski definition) is 2. The average molecular weight is 365 g/mol. The fourth-order valence-electron chi connectivity index (χ4n) is 3.60. The fourth-order valence-corrected chi connectivity index (χ4v) is 3.60. The molecule has 0 heterocycles. The molecule has 0 aliphatic heterocycles. The zero-order chi connectivity index (χ0) is 19.1. The molecule has 3 rings (SSSR count). The second-order valence-electron chi connectivity index (χ2n) is 6.96. The highest BCUT2D eigenvalue weighted by Gasteiger charge is 2.26. The van der Waals surface area contributed by atoms with Gasteiger partial charge in [-0.2, -0.15) is 0 Å². The van der Waals surface area contributed by atoms with E-state index < -0.39 is 0 Å². The van der Waals surface area contributed by atoms with E-state index in [1.807, 2.05) is 48.3 Å². The molecule has 1 aliphatic carbocycles. The maximum atomic E-state index is 12.6. The number of carbonyl (C=O) groups is 2. The van der Waals surface area contributed by atoms with E-state index in [-0.39, 0.29) is 18.0 Å². The average Bonchev–Trinajstić information content (AvgIpc) is 2.72. The van der Waals surface area contributed by atoms with Gasteiger partial charge in [-0.3, -0.25) is 4.79 Å². The van der Waals surface area contributed by atoms with Crippen molar-refractivity contribution in [2.45, 2.75) is 38.3 Å². The number of carbonyl (C=O) groups excluding carboxylic acids is 2. The number of rotatable bonds is 6. The summed E-state index contributed by atoms with van der Waals surface area (Å²) < 4.78 is 0. The maximum Gasteiger partial charge on any atom is 0.315 e. The van der Waals surface area contributed by atoms with Crippen LogP contribution in [0.4, 0.5) is 4.79 Å². The van der Waals surface area contributed by atoms with Crippen molar-refractivity contribution in [2.75, 3.05) is 13.6 Å². The van der Waals surface area contributed by atoms with Crippen molar-refractivity contribution in [1.82, 2.24) is 15.5 Å². The Labute approximate surface area is 160 Å². The third kappa shape index (κ3) is 5.09. The molecule has 5 heteroatoms. The Hall–Kier alpha value is -2.82. The summed E-state index contributed by atoms with van der Waals surface area (Å²) >= 11 is 0. The van der Waals surface area contributed by atoms with Crippen LogP contribution in [-0.4, -0.2) is 30.4 Å². The van der Waals surface area contributed by atoms with Crippen LogP contribution in [0.3, 0.4) is 0 Å². The lowest BCUT2D eigenvalue weighted by Gasteiger charge is -2.33. The highest BCUT2D eigenvalue weighted by molar-refractivity contribution is 5.78. The van der Waals surface area contributed by atoms with Gasteiger partial charge in [0, 0.05) is 26.6 Å². The summed E-state index contributed by atoms with van der Waals surface area (Å²) in [6.45, 7) is 0.803. The van der Waals surface area contributed by atoms with E-state index in [1.165, 1.54) is 11.1 Å². The number of fused-ring (bicyclic) bond motifs is 1. The first kappa shape index (κ1) is 19.0. The molecule has 0 saturated carbocycles. The summed E-state index contributed by atoms with van der Waals surface area (Å²) in [5, 5.41) is 5.57. The second kappa shape index (κ2) is 9.21. The normalized spacial score (nSPS) is 15.5. The predicted molar refractivity (Wildman–Crippen MR) is 106 cm³/mol. The molecule has 2 aromatic rings. The monoisotopic (exact) mass is 365 g/mol. The molecule has 3 amide bonds. The molecular formula is C22H27N3O2. The zero-order valence-corrected chi connectivity index (χ0v) is 15.8. The molecule has 0 saturated heterocycles. The Kier molecular flexibility index (Phi) is 6.47. The molecule has 1 atom stereocenters. The third-order valence-electron chi connectivity index (χ3n) is 5.12. The summed E-state index contributed by atoms with van der Waals surface area (Å²) in [6.07, 6.45) is 3.47. The molecule has 0 fully saturated rings. The van der Waals surface area contributed by atoms with Gasteiger partial charge in [0.15, 0.2) is 0 Å². The van der Waals surface area contributed by atoms with Crippen LogP contribution in [0.5, 0.6) is 0 Å². The van der Waals surface area contributed by atoms with E-state index >= 15 is 0 Å². The van der Waals surface area contributed by atoms with Crippen LogP contribution in [0.15, 0.2) is 54.6 Å². The van der Waals surface area contributed by atoms with Crippen LogP contribution in [-0.2, 0) is 17.8 Å². The van der Waals surface area contributed by atoms with Gasteiger partial charge >= 0.3 is 6.03 Å². The molecule has 0 bridgehead atoms. The summed E-state index contributed by atoms with van der Waals surface area (Å²) in [4.78, 5) is 26.3. The van der Waals surface area contributed by atoms with Crippen molar-refractivity contribution in [3.8, 4) is 0 Å². The van der Waals surface area contributed by atoms with Gasteiger partial charge < -0.3 is 15.5 Å². The number of nitrogens with one attached hydrogen (secondary N) is 2. The lowest BCUT2D eigenvalue weighted by molar-refractivity contribution is -0.132. The van der Waals surface area contributed by atoms with Gasteiger partial charge in [-0.15, -0.1) is 0 Å². The lowest BCUT2D eigenvalue weighted by Crippen LogP contribution is -2.39. The Balaban J connectivity index is 1.43. The largest absolute Gasteiger partial charge is 0.339 e. The number of urea groups is 1. The first-order valence-electron chi connectivity index (χ1n) is 9.54. The maximum absolute atomic E-state index is 12.6. The Morgan fingerprint density at radius 1 is 1.04 bits per heavy atom. The van der Waals surface area contributed by atoms with Crippen LogP contribution < -0.4 is 10.6 Å². The van der Waals surface area contributed by atoms with Gasteiger partial charge in [-0.1, -0.05) is 54.6 Å². The van der Waals surface area contributed by atoms with Gasteiger partial charge in [0.05, 0.1) is 6.04 Å². The third-order valence-corrected chi connectivity index (χ3v) is 5.12. The van der Waals surface area contributed by atoms with Crippen molar-refractivity contribution >= 4 is 11.9 Å². The molecule has 0 unspecified atom stereocenters. The van der Waals surface area contributed by atoms with E-state index in [9.17, 15) is 9.59 Å². The molecule has 5 nitrogen and oxygen atoms in total. The zero-order valence-electron chi connectivity index (χ0n) is 15.8. The van der Waals surface area contributed by atoms with Crippen LogP contribution in [0.1, 0.15) is 42.0 Å². The standard InChI is InChI=1S/C22H27N3O2/c1-25(20-13-7-11-18-10-5-6-12-19(18)20)21(26)14-15-23-22(27)24-16-17-8-3-2-4-9-17/h2-6,8-10,12,20H,7,11,13-16H2,1H3,(H2,23,24,27)/t20-/m0/s1. The quantitative estimate of drug-likeness (QED) is 0.824. The van der Waals surface area contributed by atoms with Gasteiger partial charge in [-0.05, 0) is 36.0 Å². The van der Waals surface area contributed by atoms with E-state index in [0.29, 0.717) is 19.5 Å². The fraction of sp³-hybridized carbons (Fsp3) is 0.364. The van der Waals surface area contributed by atoms with E-state index in [0.717, 1.165) is 24.8 Å². The van der Waals surface area contributed by atoms with Crippen molar-refractivity contribution in [3.63, 3.8) is 0 Å². The molecule has 0 spiro atoms. The first-order chi connectivity index (χ1) is 13.1. The van der Waals surface area contributed by atoms with Crippen molar-refractivity contribution in [3.05, 3.63) is 71.3 Å². The van der Waals surface area contributed by atoms with Crippen LogP contribution in [0, 0.1) is 0 Å². The number of nitrogens with zero attached hydrogens (tertiary/aromatic N) is 1. The molecule has 0 aromatic heterocycles. The first-order valence-corrected chi connectivity index (χ1v) is 9.54. The van der Waals surface area contributed by atoms with E-state index in [1.54, 1.807) is 0 Å². The molecule has 2 N–H and O–H groups in total. The van der Waals surface area contributed by atoms with Gasteiger partial charge in [0.1, 0.15) is 0 Å². The minimum Gasteiger partial charge on any atom is -0.339 e. The number of amides is 3. The SMILES string of the molecule is CN(C(=O)CCNC(=O)NCc1ccccc1)[C@H]1CCCc2ccccc21.